The zero-order valence-corrected chi connectivity index (χ0v) is 40.4. The summed E-state index contributed by atoms with van der Waals surface area (Å²) in [6.07, 6.45) is 5.14. The maximum atomic E-state index is 13.9. The largest absolute Gasteiger partial charge is 0.453 e. The van der Waals surface area contributed by atoms with E-state index in [2.05, 4.69) is 100 Å². The van der Waals surface area contributed by atoms with Crippen LogP contribution in [0.3, 0.4) is 0 Å². The van der Waals surface area contributed by atoms with Crippen LogP contribution in [0.1, 0.15) is 112 Å². The van der Waals surface area contributed by atoms with Crippen LogP contribution in [0.4, 0.5) is 9.59 Å². The zero-order valence-electron chi connectivity index (χ0n) is 38.8. The van der Waals surface area contributed by atoms with Crippen molar-refractivity contribution in [2.75, 3.05) is 27.3 Å². The second kappa shape index (κ2) is 22.6. The third-order valence-electron chi connectivity index (χ3n) is 12.0. The average molecular weight is 950 g/mol. The standard InChI is InChI=1S/C51H56N8O6.2ClH/c1-32(2)43(56-49(62)64-6)47(60)58-27-14-20-42(58)46-53-31-40(55-46)36-22-21-33(39(29-36)34-23-25-37(26-24-34)51(3,4)5)15-11-12-18-38-30-52-45(54-38)41-19-13-28-59(41)48(61)44(57-50(63)65-7)35-16-9-8-10-17-35;;/h8-10,16-17,21-26,29-32,41-44H,13-14,19-20,27-28H2,1-7H3,(H,52,54)(H,53,55)(H,56,62)(H,57,63);2*1H/t41-,42-,43-,44+;;/m0../s1. The number of alkyl carbamates (subject to hydrolysis) is 2. The molecule has 14 nitrogen and oxygen atoms in total. The van der Waals surface area contributed by atoms with Crippen LogP contribution in [0.25, 0.3) is 22.4 Å². The molecule has 0 unspecified atom stereocenters. The average Bonchev–Trinajstić information content (AvgIpc) is 4.16. The van der Waals surface area contributed by atoms with E-state index in [1.54, 1.807) is 34.3 Å². The Balaban J connectivity index is 0.00000420. The molecule has 4 heterocycles. The van der Waals surface area contributed by atoms with E-state index >= 15 is 0 Å². The van der Waals surface area contributed by atoms with Gasteiger partial charge in [0, 0.05) is 24.2 Å². The molecule has 2 aromatic heterocycles. The Morgan fingerprint density at radius 3 is 1.94 bits per heavy atom. The van der Waals surface area contributed by atoms with Gasteiger partial charge in [-0.1, -0.05) is 101 Å². The Morgan fingerprint density at radius 1 is 0.731 bits per heavy atom. The van der Waals surface area contributed by atoms with Gasteiger partial charge in [0.1, 0.15) is 29.4 Å². The van der Waals surface area contributed by atoms with Crippen molar-refractivity contribution in [1.29, 1.82) is 0 Å². The first-order valence-corrected chi connectivity index (χ1v) is 22.0. The summed E-state index contributed by atoms with van der Waals surface area (Å²) in [6, 6.07) is 21.4. The molecule has 2 aliphatic heterocycles. The number of amides is 4. The lowest BCUT2D eigenvalue weighted by atomic mass is 9.86. The van der Waals surface area contributed by atoms with E-state index in [1.807, 2.05) is 44.2 Å². The van der Waals surface area contributed by atoms with Gasteiger partial charge in [0.05, 0.1) is 44.4 Å². The van der Waals surface area contributed by atoms with Gasteiger partial charge in [0.25, 0.3) is 5.91 Å². The number of rotatable bonds is 10. The highest BCUT2D eigenvalue weighted by Crippen LogP contribution is 2.36. The van der Waals surface area contributed by atoms with E-state index in [1.165, 1.54) is 19.8 Å². The fraction of sp³-hybridized carbons (Fsp3) is 0.373. The summed E-state index contributed by atoms with van der Waals surface area (Å²) in [6.45, 7) is 11.4. The maximum Gasteiger partial charge on any atom is 0.407 e. The van der Waals surface area contributed by atoms with Crippen LogP contribution in [-0.2, 0) is 24.5 Å². The second-order valence-corrected chi connectivity index (χ2v) is 17.7. The Kier molecular flexibility index (Phi) is 17.3. The van der Waals surface area contributed by atoms with E-state index in [4.69, 9.17) is 14.5 Å². The molecule has 352 valence electrons. The second-order valence-electron chi connectivity index (χ2n) is 17.7. The van der Waals surface area contributed by atoms with Crippen LogP contribution in [0.15, 0.2) is 85.2 Å². The van der Waals surface area contributed by atoms with Crippen molar-refractivity contribution in [3.05, 3.63) is 119 Å². The summed E-state index contributed by atoms with van der Waals surface area (Å²) < 4.78 is 9.63. The van der Waals surface area contributed by atoms with Crippen molar-refractivity contribution in [3.63, 3.8) is 0 Å². The van der Waals surface area contributed by atoms with Crippen LogP contribution >= 0.6 is 24.8 Å². The summed E-state index contributed by atoms with van der Waals surface area (Å²) in [7, 11) is 2.55. The fourth-order valence-corrected chi connectivity index (χ4v) is 8.41. The SMILES string of the molecule is COC(=O)N[C@H](C(=O)N1CCC[C@H]1c1ncc(-c2ccc(C#CC#Cc3cnc([C@@H]4CCCN4C(=O)[C@H](NC(=O)OC)c4ccccc4)[nH]3)c(-c3ccc(C(C)(C)C)cc3)c2)[nH]1)C(C)C.Cl.Cl. The van der Waals surface area contributed by atoms with E-state index in [-0.39, 0.29) is 60.0 Å². The number of nitrogens with zero attached hydrogens (tertiary/aromatic N) is 4. The van der Waals surface area contributed by atoms with Crippen molar-refractivity contribution in [3.8, 4) is 46.1 Å². The molecule has 0 spiro atoms. The molecule has 7 rings (SSSR count). The number of hydrogen-bond donors (Lipinski definition) is 4. The normalized spacial score (nSPS) is 16.2. The van der Waals surface area contributed by atoms with Gasteiger partial charge in [-0.3, -0.25) is 9.59 Å². The van der Waals surface area contributed by atoms with E-state index < -0.39 is 24.3 Å². The predicted octanol–water partition coefficient (Wildman–Crippen LogP) is 8.82. The molecule has 4 N–H and O–H groups in total. The van der Waals surface area contributed by atoms with Crippen molar-refractivity contribution in [1.82, 2.24) is 40.4 Å². The number of carbonyl (C=O) groups is 4. The molecule has 2 aliphatic rings. The Hall–Kier alpha value is -6.74. The molecule has 2 fully saturated rings. The minimum Gasteiger partial charge on any atom is -0.453 e. The molecule has 4 amide bonds. The number of H-pyrrole nitrogens is 2. The van der Waals surface area contributed by atoms with Crippen molar-refractivity contribution in [2.45, 2.75) is 89.9 Å². The van der Waals surface area contributed by atoms with Crippen LogP contribution in [0, 0.1) is 29.6 Å². The number of imidazole rings is 2. The number of nitrogens with one attached hydrogen (secondary N) is 4. The molecule has 0 saturated carbocycles. The monoisotopic (exact) mass is 948 g/mol. The fourth-order valence-electron chi connectivity index (χ4n) is 8.41. The minimum atomic E-state index is -0.914. The highest BCUT2D eigenvalue weighted by molar-refractivity contribution is 5.88. The lowest BCUT2D eigenvalue weighted by molar-refractivity contribution is -0.135. The van der Waals surface area contributed by atoms with Gasteiger partial charge in [-0.05, 0) is 89.2 Å². The molecule has 0 radical (unpaired) electrons. The molecule has 5 aromatic rings. The van der Waals surface area contributed by atoms with Crippen molar-refractivity contribution in [2.24, 2.45) is 5.92 Å². The van der Waals surface area contributed by atoms with Gasteiger partial charge in [-0.15, -0.1) is 24.8 Å². The number of benzene rings is 3. The number of aromatic nitrogens is 4. The molecule has 16 heteroatoms. The number of carbonyl (C=O) groups excluding carboxylic acids is 4. The number of ether oxygens (including phenoxy) is 2. The van der Waals surface area contributed by atoms with Crippen LogP contribution in [0.5, 0.6) is 0 Å². The van der Waals surface area contributed by atoms with Gasteiger partial charge < -0.3 is 39.9 Å². The topological polar surface area (TPSA) is 175 Å². The number of aromatic amines is 2. The lowest BCUT2D eigenvalue weighted by Crippen LogP contribution is -2.51. The van der Waals surface area contributed by atoms with Gasteiger partial charge >= 0.3 is 12.2 Å². The first kappa shape index (κ1) is 51.2. The van der Waals surface area contributed by atoms with Gasteiger partial charge in [0.15, 0.2) is 0 Å². The van der Waals surface area contributed by atoms with Gasteiger partial charge in [-0.25, -0.2) is 19.6 Å². The Labute approximate surface area is 404 Å². The summed E-state index contributed by atoms with van der Waals surface area (Å²) in [5.41, 5.74) is 6.81. The van der Waals surface area contributed by atoms with Crippen LogP contribution in [-0.4, -0.2) is 87.1 Å². The van der Waals surface area contributed by atoms with Crippen LogP contribution < -0.4 is 10.6 Å². The molecule has 3 aromatic carbocycles. The minimum absolute atomic E-state index is 0. The molecular weight excluding hydrogens is 892 g/mol. The Bertz CT molecular complexity index is 2650. The van der Waals surface area contributed by atoms with Crippen molar-refractivity contribution >= 4 is 48.8 Å². The van der Waals surface area contributed by atoms with E-state index in [0.717, 1.165) is 47.2 Å². The van der Waals surface area contributed by atoms with Gasteiger partial charge in [0.2, 0.25) is 5.91 Å². The number of methoxy groups -OCH3 is 2. The quantitative estimate of drug-likeness (QED) is 0.101. The molecule has 4 atom stereocenters. The third kappa shape index (κ3) is 12.0. The highest BCUT2D eigenvalue weighted by atomic mass is 35.5. The summed E-state index contributed by atoms with van der Waals surface area (Å²) in [5, 5.41) is 5.41. The summed E-state index contributed by atoms with van der Waals surface area (Å²) in [5.74, 6) is 13.1. The summed E-state index contributed by atoms with van der Waals surface area (Å²) >= 11 is 0. The summed E-state index contributed by atoms with van der Waals surface area (Å²) in [4.78, 5) is 71.7. The number of hydrogen-bond acceptors (Lipinski definition) is 8. The maximum absolute atomic E-state index is 13.9. The highest BCUT2D eigenvalue weighted by Gasteiger charge is 2.39. The molecule has 0 aliphatic carbocycles. The molecule has 0 bridgehead atoms. The predicted molar refractivity (Wildman–Crippen MR) is 261 cm³/mol. The zero-order chi connectivity index (χ0) is 46.3. The smallest absolute Gasteiger partial charge is 0.407 e. The van der Waals surface area contributed by atoms with Crippen molar-refractivity contribution < 1.29 is 28.7 Å². The number of halogens is 2. The van der Waals surface area contributed by atoms with E-state index in [0.29, 0.717) is 42.4 Å². The molecule has 67 heavy (non-hydrogen) atoms. The number of likely N-dealkylation sites (tertiary alicyclic amines) is 2. The molecule has 2 saturated heterocycles. The van der Waals surface area contributed by atoms with E-state index in [9.17, 15) is 19.2 Å². The first-order chi connectivity index (χ1) is 31.2. The lowest BCUT2D eigenvalue weighted by Gasteiger charge is -2.30. The third-order valence-corrected chi connectivity index (χ3v) is 12.0. The van der Waals surface area contributed by atoms with Crippen LogP contribution in [0.2, 0.25) is 0 Å². The Morgan fingerprint density at radius 2 is 1.31 bits per heavy atom. The first-order valence-electron chi connectivity index (χ1n) is 22.0. The molecular formula is C51H58Cl2N8O6. The van der Waals surface area contributed by atoms with Gasteiger partial charge in [-0.2, -0.15) is 0 Å².